The molecule has 94 valence electrons. The van der Waals surface area contributed by atoms with Crippen LogP contribution in [0.5, 0.6) is 0 Å². The molecule has 0 unspecified atom stereocenters. The van der Waals surface area contributed by atoms with E-state index in [4.69, 9.17) is 5.73 Å². The van der Waals surface area contributed by atoms with Crippen molar-refractivity contribution in [1.82, 2.24) is 4.31 Å². The molecule has 2 N–H and O–H groups in total. The molecule has 0 bridgehead atoms. The van der Waals surface area contributed by atoms with Gasteiger partial charge in [0.2, 0.25) is 10.0 Å². The molecule has 0 amide bonds. The summed E-state index contributed by atoms with van der Waals surface area (Å²) >= 11 is 0. The summed E-state index contributed by atoms with van der Waals surface area (Å²) in [5.74, 6) is 0. The summed E-state index contributed by atoms with van der Waals surface area (Å²) in [4.78, 5) is 0.400. The van der Waals surface area contributed by atoms with Crippen LogP contribution in [0.2, 0.25) is 0 Å². The number of rotatable bonds is 2. The molecule has 17 heavy (non-hydrogen) atoms. The van der Waals surface area contributed by atoms with E-state index in [2.05, 4.69) is 0 Å². The van der Waals surface area contributed by atoms with E-state index < -0.39 is 10.0 Å². The second-order valence-corrected chi connectivity index (χ2v) is 6.59. The summed E-state index contributed by atoms with van der Waals surface area (Å²) in [6.45, 7) is 4.73. The zero-order chi connectivity index (χ0) is 12.6. The van der Waals surface area contributed by atoms with E-state index in [1.807, 2.05) is 26.0 Å². The largest absolute Gasteiger partial charge is 0.326 e. The second-order valence-electron chi connectivity index (χ2n) is 4.68. The standard InChI is InChI=1S/C12H18N2O2S/c1-9-3-4-12(10(2)7-9)17(15,16)14-6-5-11(13)8-14/h3-4,7,11H,5-6,8,13H2,1-2H3/t11-/m1/s1. The number of aryl methyl sites for hydroxylation is 2. The SMILES string of the molecule is Cc1ccc(S(=O)(=O)N2CC[C@@H](N)C2)c(C)c1. The Morgan fingerprint density at radius 3 is 2.59 bits per heavy atom. The third-order valence-electron chi connectivity index (χ3n) is 3.14. The normalized spacial score (nSPS) is 21.9. The van der Waals surface area contributed by atoms with Gasteiger partial charge in [0.1, 0.15) is 0 Å². The smallest absolute Gasteiger partial charge is 0.243 e. The molecule has 0 spiro atoms. The number of hydrogen-bond acceptors (Lipinski definition) is 3. The highest BCUT2D eigenvalue weighted by molar-refractivity contribution is 7.89. The van der Waals surface area contributed by atoms with E-state index in [1.165, 1.54) is 4.31 Å². The molecule has 0 saturated carbocycles. The maximum absolute atomic E-state index is 12.4. The zero-order valence-corrected chi connectivity index (χ0v) is 11.0. The summed E-state index contributed by atoms with van der Waals surface area (Å²) in [5.41, 5.74) is 7.62. The number of nitrogens with two attached hydrogens (primary N) is 1. The molecule has 5 heteroatoms. The predicted octanol–water partition coefficient (Wildman–Crippen LogP) is 1.03. The van der Waals surface area contributed by atoms with E-state index in [0.29, 0.717) is 18.0 Å². The van der Waals surface area contributed by atoms with Crippen molar-refractivity contribution < 1.29 is 8.42 Å². The van der Waals surface area contributed by atoms with Crippen molar-refractivity contribution in [2.75, 3.05) is 13.1 Å². The van der Waals surface area contributed by atoms with Crippen molar-refractivity contribution in [1.29, 1.82) is 0 Å². The first-order valence-corrected chi connectivity index (χ1v) is 7.18. The lowest BCUT2D eigenvalue weighted by Crippen LogP contribution is -2.32. The minimum absolute atomic E-state index is 0.0319. The van der Waals surface area contributed by atoms with Gasteiger partial charge in [0, 0.05) is 19.1 Å². The van der Waals surface area contributed by atoms with Gasteiger partial charge in [0.25, 0.3) is 0 Å². The molecule has 0 aromatic heterocycles. The van der Waals surface area contributed by atoms with Crippen molar-refractivity contribution in [2.45, 2.75) is 31.2 Å². The highest BCUT2D eigenvalue weighted by Gasteiger charge is 2.31. The topological polar surface area (TPSA) is 63.4 Å². The Balaban J connectivity index is 2.38. The Kier molecular flexibility index (Phi) is 3.25. The molecule has 0 aliphatic carbocycles. The van der Waals surface area contributed by atoms with Crippen LogP contribution in [0.4, 0.5) is 0 Å². The first-order chi connectivity index (χ1) is 7.91. The molecular weight excluding hydrogens is 236 g/mol. The molecule has 1 saturated heterocycles. The van der Waals surface area contributed by atoms with Crippen molar-refractivity contribution >= 4 is 10.0 Å². The predicted molar refractivity (Wildman–Crippen MR) is 67.3 cm³/mol. The van der Waals surface area contributed by atoms with Gasteiger partial charge in [0.05, 0.1) is 4.90 Å². The van der Waals surface area contributed by atoms with Crippen molar-refractivity contribution in [3.63, 3.8) is 0 Å². The monoisotopic (exact) mass is 254 g/mol. The maximum Gasteiger partial charge on any atom is 0.243 e. The number of sulfonamides is 1. The van der Waals surface area contributed by atoms with Crippen LogP contribution in [0.1, 0.15) is 17.5 Å². The van der Waals surface area contributed by atoms with Gasteiger partial charge < -0.3 is 5.73 Å². The highest BCUT2D eigenvalue weighted by Crippen LogP contribution is 2.23. The molecule has 1 atom stereocenters. The fourth-order valence-corrected chi connectivity index (χ4v) is 3.92. The Morgan fingerprint density at radius 1 is 1.35 bits per heavy atom. The van der Waals surface area contributed by atoms with E-state index in [9.17, 15) is 8.42 Å². The van der Waals surface area contributed by atoms with E-state index in [1.54, 1.807) is 6.07 Å². The Labute approximate surface area is 102 Å². The van der Waals surface area contributed by atoms with Crippen LogP contribution in [-0.4, -0.2) is 31.9 Å². The Bertz CT molecular complexity index is 525. The second kappa shape index (κ2) is 4.40. The van der Waals surface area contributed by atoms with Gasteiger partial charge >= 0.3 is 0 Å². The van der Waals surface area contributed by atoms with Crippen molar-refractivity contribution in [2.24, 2.45) is 5.73 Å². The summed E-state index contributed by atoms with van der Waals surface area (Å²) in [7, 11) is -3.37. The average Bonchev–Trinajstić information content (AvgIpc) is 2.64. The van der Waals surface area contributed by atoms with Crippen LogP contribution in [0, 0.1) is 13.8 Å². The van der Waals surface area contributed by atoms with Gasteiger partial charge in [0.15, 0.2) is 0 Å². The van der Waals surface area contributed by atoms with Crippen LogP contribution in [0.25, 0.3) is 0 Å². The lowest BCUT2D eigenvalue weighted by atomic mass is 10.2. The molecular formula is C12H18N2O2S. The summed E-state index contributed by atoms with van der Waals surface area (Å²) in [6.07, 6.45) is 0.740. The van der Waals surface area contributed by atoms with E-state index in [-0.39, 0.29) is 6.04 Å². The number of hydrogen-bond donors (Lipinski definition) is 1. The molecule has 4 nitrogen and oxygen atoms in total. The minimum atomic E-state index is -3.37. The summed E-state index contributed by atoms with van der Waals surface area (Å²) < 4.78 is 26.2. The van der Waals surface area contributed by atoms with Gasteiger partial charge in [-0.2, -0.15) is 4.31 Å². The molecule has 2 rings (SSSR count). The summed E-state index contributed by atoms with van der Waals surface area (Å²) in [5, 5.41) is 0. The van der Waals surface area contributed by atoms with Gasteiger partial charge in [-0.25, -0.2) is 8.42 Å². The molecule has 1 aromatic carbocycles. The Morgan fingerprint density at radius 2 is 2.06 bits per heavy atom. The fourth-order valence-electron chi connectivity index (χ4n) is 2.20. The summed E-state index contributed by atoms with van der Waals surface area (Å²) in [6, 6.07) is 5.37. The van der Waals surface area contributed by atoms with Gasteiger partial charge in [-0.15, -0.1) is 0 Å². The molecule has 0 radical (unpaired) electrons. The van der Waals surface area contributed by atoms with Crippen LogP contribution < -0.4 is 5.73 Å². The van der Waals surface area contributed by atoms with Gasteiger partial charge in [-0.3, -0.25) is 0 Å². The average molecular weight is 254 g/mol. The van der Waals surface area contributed by atoms with Crippen molar-refractivity contribution in [3.05, 3.63) is 29.3 Å². The van der Waals surface area contributed by atoms with E-state index >= 15 is 0 Å². The van der Waals surface area contributed by atoms with E-state index in [0.717, 1.165) is 17.5 Å². The van der Waals surface area contributed by atoms with Crippen LogP contribution >= 0.6 is 0 Å². The van der Waals surface area contributed by atoms with Gasteiger partial charge in [-0.1, -0.05) is 17.7 Å². The number of benzene rings is 1. The van der Waals surface area contributed by atoms with Crippen LogP contribution in [-0.2, 0) is 10.0 Å². The van der Waals surface area contributed by atoms with Crippen LogP contribution in [0.15, 0.2) is 23.1 Å². The van der Waals surface area contributed by atoms with Crippen molar-refractivity contribution in [3.8, 4) is 0 Å². The first kappa shape index (κ1) is 12.5. The maximum atomic E-state index is 12.4. The zero-order valence-electron chi connectivity index (χ0n) is 10.2. The van der Waals surface area contributed by atoms with Crippen LogP contribution in [0.3, 0.4) is 0 Å². The first-order valence-electron chi connectivity index (χ1n) is 5.74. The minimum Gasteiger partial charge on any atom is -0.326 e. The molecule has 1 fully saturated rings. The molecule has 1 heterocycles. The molecule has 1 aliphatic heterocycles. The quantitative estimate of drug-likeness (QED) is 0.857. The highest BCUT2D eigenvalue weighted by atomic mass is 32.2. The third-order valence-corrected chi connectivity index (χ3v) is 5.16. The fraction of sp³-hybridized carbons (Fsp3) is 0.500. The Hall–Kier alpha value is -0.910. The molecule has 1 aromatic rings. The third kappa shape index (κ3) is 2.36. The molecule has 1 aliphatic rings. The number of nitrogens with zero attached hydrogens (tertiary/aromatic N) is 1. The lowest BCUT2D eigenvalue weighted by molar-refractivity contribution is 0.472. The van der Waals surface area contributed by atoms with Gasteiger partial charge in [-0.05, 0) is 31.9 Å². The lowest BCUT2D eigenvalue weighted by Gasteiger charge is -2.17.